The summed E-state index contributed by atoms with van der Waals surface area (Å²) in [5, 5.41) is 5.63. The molecule has 1 heterocycles. The molecule has 2 aromatic carbocycles. The minimum absolute atomic E-state index is 0.0352. The molecule has 0 aliphatic rings. The summed E-state index contributed by atoms with van der Waals surface area (Å²) < 4.78 is 64.4. The molecule has 0 bridgehead atoms. The van der Waals surface area contributed by atoms with Crippen LogP contribution >= 0.6 is 0 Å². The van der Waals surface area contributed by atoms with Gasteiger partial charge >= 0.3 is 0 Å². The van der Waals surface area contributed by atoms with Crippen molar-refractivity contribution in [2.45, 2.75) is 40.3 Å². The van der Waals surface area contributed by atoms with E-state index in [2.05, 4.69) is 10.6 Å². The first-order valence-electron chi connectivity index (χ1n) is 10.3. The molecule has 0 saturated heterocycles. The first-order chi connectivity index (χ1) is 15.6. The Morgan fingerprint density at radius 2 is 1.58 bits per heavy atom. The van der Waals surface area contributed by atoms with E-state index in [0.717, 1.165) is 11.8 Å². The molecule has 2 N–H and O–H groups in total. The number of anilines is 1. The van der Waals surface area contributed by atoms with E-state index in [-0.39, 0.29) is 17.2 Å². The summed E-state index contributed by atoms with van der Waals surface area (Å²) in [7, 11) is 0. The highest BCUT2D eigenvalue weighted by Crippen LogP contribution is 2.33. The topological polar surface area (TPSA) is 54.3 Å². The van der Waals surface area contributed by atoms with Gasteiger partial charge in [-0.3, -0.25) is 4.79 Å². The molecular formula is C25H24F4N2O2. The monoisotopic (exact) mass is 460 g/mol. The van der Waals surface area contributed by atoms with Crippen LogP contribution in [0.3, 0.4) is 0 Å². The smallest absolute Gasteiger partial charge is 0.247 e. The predicted octanol–water partition coefficient (Wildman–Crippen LogP) is 6.35. The second kappa shape index (κ2) is 9.94. The number of carbonyl (C=O) groups is 1. The van der Waals surface area contributed by atoms with E-state index in [1.54, 1.807) is 13.8 Å². The van der Waals surface area contributed by atoms with Gasteiger partial charge in [0.15, 0.2) is 23.3 Å². The van der Waals surface area contributed by atoms with Gasteiger partial charge in [-0.1, -0.05) is 12.1 Å². The maximum Gasteiger partial charge on any atom is 0.247 e. The highest BCUT2D eigenvalue weighted by molar-refractivity contribution is 5.97. The Morgan fingerprint density at radius 1 is 0.970 bits per heavy atom. The molecule has 0 radical (unpaired) electrons. The third kappa shape index (κ3) is 5.45. The van der Waals surface area contributed by atoms with Gasteiger partial charge in [-0.25, -0.2) is 17.6 Å². The molecule has 0 unspecified atom stereocenters. The number of aryl methyl sites for hydroxylation is 1. The Labute approximate surface area is 189 Å². The summed E-state index contributed by atoms with van der Waals surface area (Å²) in [6.45, 7) is 6.93. The van der Waals surface area contributed by atoms with Crippen molar-refractivity contribution >= 4 is 17.7 Å². The number of hydrogen-bond acceptors (Lipinski definition) is 3. The second-order valence-electron chi connectivity index (χ2n) is 7.94. The lowest BCUT2D eigenvalue weighted by molar-refractivity contribution is -0.117. The van der Waals surface area contributed by atoms with E-state index in [4.69, 9.17) is 4.42 Å². The molecule has 8 heteroatoms. The van der Waals surface area contributed by atoms with Gasteiger partial charge in [0, 0.05) is 17.3 Å². The van der Waals surface area contributed by atoms with Crippen LogP contribution in [0, 0.1) is 30.2 Å². The molecule has 174 valence electrons. The van der Waals surface area contributed by atoms with E-state index >= 15 is 0 Å². The first-order valence-corrected chi connectivity index (χ1v) is 10.3. The van der Waals surface area contributed by atoms with Gasteiger partial charge in [0.1, 0.15) is 11.5 Å². The molecule has 0 saturated carbocycles. The van der Waals surface area contributed by atoms with E-state index in [9.17, 15) is 22.4 Å². The predicted molar refractivity (Wildman–Crippen MR) is 119 cm³/mol. The fourth-order valence-electron chi connectivity index (χ4n) is 3.21. The Bertz CT molecular complexity index is 1170. The maximum absolute atomic E-state index is 14.8. The molecule has 0 aliphatic heterocycles. The first kappa shape index (κ1) is 24.1. The molecule has 1 amide bonds. The van der Waals surface area contributed by atoms with Gasteiger partial charge in [-0.15, -0.1) is 0 Å². The van der Waals surface area contributed by atoms with Gasteiger partial charge in [0.2, 0.25) is 5.91 Å². The second-order valence-corrected chi connectivity index (χ2v) is 7.94. The van der Waals surface area contributed by atoms with E-state index < -0.39 is 40.3 Å². The van der Waals surface area contributed by atoms with Gasteiger partial charge in [0.05, 0.1) is 17.7 Å². The quantitative estimate of drug-likeness (QED) is 0.245. The van der Waals surface area contributed by atoms with Gasteiger partial charge in [-0.05, 0) is 63.6 Å². The summed E-state index contributed by atoms with van der Waals surface area (Å²) in [5.74, 6) is -5.34. The SMILES string of the molecule is CC(=Cc1c(F)c(F)c(-c2ccc(NCc3ccc(C)o3)cc2)c(F)c1F)C(=O)NC(C)C. The van der Waals surface area contributed by atoms with Crippen molar-refractivity contribution in [2.24, 2.45) is 0 Å². The van der Waals surface area contributed by atoms with Crippen molar-refractivity contribution < 1.29 is 26.8 Å². The number of hydrogen-bond donors (Lipinski definition) is 2. The van der Waals surface area contributed by atoms with Crippen molar-refractivity contribution in [3.05, 3.63) is 82.3 Å². The molecule has 0 atom stereocenters. The zero-order valence-electron chi connectivity index (χ0n) is 18.7. The highest BCUT2D eigenvalue weighted by Gasteiger charge is 2.26. The van der Waals surface area contributed by atoms with Gasteiger partial charge in [0.25, 0.3) is 0 Å². The van der Waals surface area contributed by atoms with Crippen LogP contribution in [-0.4, -0.2) is 11.9 Å². The summed E-state index contributed by atoms with van der Waals surface area (Å²) in [6.07, 6.45) is 0.793. The third-order valence-corrected chi connectivity index (χ3v) is 4.87. The van der Waals surface area contributed by atoms with Crippen molar-refractivity contribution in [3.8, 4) is 11.1 Å². The summed E-state index contributed by atoms with van der Waals surface area (Å²) in [5.41, 5.74) is -1.26. The zero-order chi connectivity index (χ0) is 24.3. The lowest BCUT2D eigenvalue weighted by atomic mass is 9.99. The van der Waals surface area contributed by atoms with E-state index in [1.807, 2.05) is 19.1 Å². The van der Waals surface area contributed by atoms with Crippen LogP contribution in [0.5, 0.6) is 0 Å². The maximum atomic E-state index is 14.8. The minimum atomic E-state index is -1.57. The number of nitrogens with one attached hydrogen (secondary N) is 2. The number of amides is 1. The van der Waals surface area contributed by atoms with Crippen LogP contribution in [0.15, 0.2) is 46.4 Å². The van der Waals surface area contributed by atoms with Crippen LogP contribution in [0.25, 0.3) is 17.2 Å². The van der Waals surface area contributed by atoms with E-state index in [0.29, 0.717) is 18.0 Å². The minimum Gasteiger partial charge on any atom is -0.465 e. The highest BCUT2D eigenvalue weighted by atomic mass is 19.2. The average molecular weight is 460 g/mol. The van der Waals surface area contributed by atoms with Crippen LogP contribution in [0.4, 0.5) is 23.2 Å². The van der Waals surface area contributed by atoms with Crippen LogP contribution in [0.2, 0.25) is 0 Å². The number of benzene rings is 2. The van der Waals surface area contributed by atoms with Crippen LogP contribution in [0.1, 0.15) is 37.9 Å². The summed E-state index contributed by atoms with van der Waals surface area (Å²) >= 11 is 0. The van der Waals surface area contributed by atoms with Gasteiger partial charge in [-0.2, -0.15) is 0 Å². The normalized spacial score (nSPS) is 11.7. The number of rotatable bonds is 7. The largest absolute Gasteiger partial charge is 0.465 e. The number of furan rings is 1. The van der Waals surface area contributed by atoms with Crippen LogP contribution in [-0.2, 0) is 11.3 Å². The number of halogens is 4. The standard InChI is InChI=1S/C25H24F4N2O2/c1-13(2)31-25(32)14(3)11-19-21(26)23(28)20(24(29)22(19)27)16-6-8-17(9-7-16)30-12-18-10-5-15(4)33-18/h5-11,13,30H,12H2,1-4H3,(H,31,32). The Balaban J connectivity index is 1.89. The molecule has 3 rings (SSSR count). The molecule has 0 fully saturated rings. The fraction of sp³-hybridized carbons (Fsp3) is 0.240. The van der Waals surface area contributed by atoms with E-state index in [1.165, 1.54) is 31.2 Å². The van der Waals surface area contributed by atoms with Crippen molar-refractivity contribution in [2.75, 3.05) is 5.32 Å². The third-order valence-electron chi connectivity index (χ3n) is 4.87. The molecule has 4 nitrogen and oxygen atoms in total. The Hall–Kier alpha value is -3.55. The van der Waals surface area contributed by atoms with Crippen LogP contribution < -0.4 is 10.6 Å². The lowest BCUT2D eigenvalue weighted by Gasteiger charge is -2.13. The van der Waals surface area contributed by atoms with Crippen molar-refractivity contribution in [1.82, 2.24) is 5.32 Å². The Kier molecular flexibility index (Phi) is 7.26. The van der Waals surface area contributed by atoms with Crippen molar-refractivity contribution in [1.29, 1.82) is 0 Å². The average Bonchev–Trinajstić information content (AvgIpc) is 3.19. The van der Waals surface area contributed by atoms with Gasteiger partial charge < -0.3 is 15.1 Å². The molecular weight excluding hydrogens is 436 g/mol. The molecule has 33 heavy (non-hydrogen) atoms. The van der Waals surface area contributed by atoms with Crippen molar-refractivity contribution in [3.63, 3.8) is 0 Å². The summed E-state index contributed by atoms with van der Waals surface area (Å²) in [6, 6.07) is 9.21. The molecule has 1 aromatic heterocycles. The lowest BCUT2D eigenvalue weighted by Crippen LogP contribution is -2.30. The molecule has 0 aliphatic carbocycles. The molecule has 3 aromatic rings. The Morgan fingerprint density at radius 3 is 2.09 bits per heavy atom. The number of carbonyl (C=O) groups excluding carboxylic acids is 1. The zero-order valence-corrected chi connectivity index (χ0v) is 18.7. The molecule has 0 spiro atoms. The summed E-state index contributed by atoms with van der Waals surface area (Å²) in [4.78, 5) is 12.0. The fourth-order valence-corrected chi connectivity index (χ4v) is 3.21.